The van der Waals surface area contributed by atoms with Gasteiger partial charge in [0.15, 0.2) is 0 Å². The highest BCUT2D eigenvalue weighted by Gasteiger charge is 2.26. The van der Waals surface area contributed by atoms with Crippen molar-refractivity contribution in [2.45, 2.75) is 32.8 Å². The van der Waals surface area contributed by atoms with Gasteiger partial charge in [-0.2, -0.15) is 0 Å². The molecule has 6 heteroatoms. The number of hydrogen-bond acceptors (Lipinski definition) is 4. The molecule has 0 spiro atoms. The van der Waals surface area contributed by atoms with Crippen LogP contribution in [0.5, 0.6) is 5.75 Å². The number of carbonyl (C=O) groups excluding carboxylic acids is 1. The highest BCUT2D eigenvalue weighted by atomic mass is 35.5. The molecule has 1 aliphatic heterocycles. The SMILES string of the molecule is CCN(CC)c1ccc(C(=O)N2CCCC(Oc3ccncc3Cl)C2)cc1. The number of amides is 1. The van der Waals surface area contributed by atoms with E-state index in [-0.39, 0.29) is 12.0 Å². The molecular formula is C21H26ClN3O2. The second kappa shape index (κ2) is 9.09. The molecule has 1 aromatic heterocycles. The molecular weight excluding hydrogens is 362 g/mol. The maximum atomic E-state index is 12.9. The molecule has 1 amide bonds. The molecule has 0 saturated carbocycles. The lowest BCUT2D eigenvalue weighted by Gasteiger charge is -2.33. The van der Waals surface area contributed by atoms with Gasteiger partial charge in [0.05, 0.1) is 6.54 Å². The number of likely N-dealkylation sites (tertiary alicyclic amines) is 1. The van der Waals surface area contributed by atoms with Crippen LogP contribution in [-0.4, -0.2) is 48.1 Å². The zero-order chi connectivity index (χ0) is 19.2. The second-order valence-corrected chi connectivity index (χ2v) is 7.07. The highest BCUT2D eigenvalue weighted by Crippen LogP contribution is 2.26. The number of ether oxygens (including phenoxy) is 1. The number of rotatable bonds is 6. The average Bonchev–Trinajstić information content (AvgIpc) is 2.71. The molecule has 1 aliphatic rings. The highest BCUT2D eigenvalue weighted by molar-refractivity contribution is 6.31. The second-order valence-electron chi connectivity index (χ2n) is 6.66. The van der Waals surface area contributed by atoms with Gasteiger partial charge in [0.25, 0.3) is 5.91 Å². The summed E-state index contributed by atoms with van der Waals surface area (Å²) in [6, 6.07) is 9.64. The van der Waals surface area contributed by atoms with Crippen LogP contribution < -0.4 is 9.64 Å². The average molecular weight is 388 g/mol. The fourth-order valence-electron chi connectivity index (χ4n) is 3.44. The minimum atomic E-state index is -0.0578. The van der Waals surface area contributed by atoms with Crippen molar-refractivity contribution in [2.75, 3.05) is 31.1 Å². The number of halogens is 1. The predicted octanol–water partition coefficient (Wildman–Crippen LogP) is 4.26. The lowest BCUT2D eigenvalue weighted by molar-refractivity contribution is 0.0538. The first-order chi connectivity index (χ1) is 13.1. The van der Waals surface area contributed by atoms with Gasteiger partial charge >= 0.3 is 0 Å². The monoisotopic (exact) mass is 387 g/mol. The molecule has 1 atom stereocenters. The largest absolute Gasteiger partial charge is 0.487 e. The maximum absolute atomic E-state index is 12.9. The van der Waals surface area contributed by atoms with Crippen molar-refractivity contribution in [3.8, 4) is 5.75 Å². The van der Waals surface area contributed by atoms with Crippen LogP contribution in [0.15, 0.2) is 42.7 Å². The van der Waals surface area contributed by atoms with Crippen molar-refractivity contribution in [3.63, 3.8) is 0 Å². The summed E-state index contributed by atoms with van der Waals surface area (Å²) in [5.41, 5.74) is 1.86. The molecule has 1 aromatic carbocycles. The summed E-state index contributed by atoms with van der Waals surface area (Å²) < 4.78 is 6.01. The van der Waals surface area contributed by atoms with Crippen molar-refractivity contribution in [1.29, 1.82) is 0 Å². The summed E-state index contributed by atoms with van der Waals surface area (Å²) in [4.78, 5) is 21.0. The molecule has 1 unspecified atom stereocenters. The van der Waals surface area contributed by atoms with E-state index in [9.17, 15) is 4.79 Å². The Bertz CT molecular complexity index is 762. The van der Waals surface area contributed by atoms with E-state index < -0.39 is 0 Å². The zero-order valence-electron chi connectivity index (χ0n) is 15.9. The normalized spacial score (nSPS) is 16.9. The number of nitrogens with zero attached hydrogens (tertiary/aromatic N) is 3. The minimum Gasteiger partial charge on any atom is -0.487 e. The van der Waals surface area contributed by atoms with Crippen molar-refractivity contribution >= 4 is 23.2 Å². The van der Waals surface area contributed by atoms with Crippen LogP contribution >= 0.6 is 11.6 Å². The first kappa shape index (κ1) is 19.5. The van der Waals surface area contributed by atoms with Crippen LogP contribution in [-0.2, 0) is 0 Å². The molecule has 1 fully saturated rings. The Balaban J connectivity index is 1.65. The van der Waals surface area contributed by atoms with Crippen LogP contribution in [0, 0.1) is 0 Å². The third kappa shape index (κ3) is 4.72. The molecule has 1 saturated heterocycles. The standard InChI is InChI=1S/C21H26ClN3O2/c1-3-24(4-2)17-9-7-16(8-10-17)21(26)25-13-5-6-18(15-25)27-20-11-12-23-14-19(20)22/h7-12,14,18H,3-6,13,15H2,1-2H3. The number of aromatic nitrogens is 1. The maximum Gasteiger partial charge on any atom is 0.253 e. The van der Waals surface area contributed by atoms with E-state index in [0.717, 1.165) is 38.2 Å². The third-order valence-corrected chi connectivity index (χ3v) is 5.22. The van der Waals surface area contributed by atoms with Gasteiger partial charge in [-0.1, -0.05) is 11.6 Å². The van der Waals surface area contributed by atoms with Crippen LogP contribution in [0.1, 0.15) is 37.0 Å². The van der Waals surface area contributed by atoms with E-state index in [4.69, 9.17) is 16.3 Å². The molecule has 0 bridgehead atoms. The van der Waals surface area contributed by atoms with Gasteiger partial charge in [-0.05, 0) is 51.0 Å². The molecule has 27 heavy (non-hydrogen) atoms. The molecule has 5 nitrogen and oxygen atoms in total. The van der Waals surface area contributed by atoms with E-state index in [1.165, 1.54) is 0 Å². The van der Waals surface area contributed by atoms with Gasteiger partial charge in [0, 0.05) is 49.3 Å². The number of hydrogen-bond donors (Lipinski definition) is 0. The fourth-order valence-corrected chi connectivity index (χ4v) is 3.61. The number of pyridine rings is 1. The topological polar surface area (TPSA) is 45.7 Å². The predicted molar refractivity (Wildman–Crippen MR) is 109 cm³/mol. The van der Waals surface area contributed by atoms with Crippen molar-refractivity contribution in [3.05, 3.63) is 53.3 Å². The summed E-state index contributed by atoms with van der Waals surface area (Å²) >= 11 is 6.13. The summed E-state index contributed by atoms with van der Waals surface area (Å²) in [6.07, 6.45) is 4.99. The Morgan fingerprint density at radius 3 is 2.67 bits per heavy atom. The number of piperidine rings is 1. The van der Waals surface area contributed by atoms with Gasteiger partial charge < -0.3 is 14.5 Å². The lowest BCUT2D eigenvalue weighted by atomic mass is 10.1. The minimum absolute atomic E-state index is 0.0511. The van der Waals surface area contributed by atoms with E-state index in [0.29, 0.717) is 22.9 Å². The first-order valence-electron chi connectivity index (χ1n) is 9.52. The Hall–Kier alpha value is -2.27. The Morgan fingerprint density at radius 1 is 1.26 bits per heavy atom. The number of anilines is 1. The fraction of sp³-hybridized carbons (Fsp3) is 0.429. The quantitative estimate of drug-likeness (QED) is 0.742. The van der Waals surface area contributed by atoms with Crippen molar-refractivity contribution in [1.82, 2.24) is 9.88 Å². The molecule has 2 heterocycles. The number of benzene rings is 1. The van der Waals surface area contributed by atoms with E-state index in [2.05, 4.69) is 23.7 Å². The van der Waals surface area contributed by atoms with Crippen LogP contribution in [0.25, 0.3) is 0 Å². The molecule has 144 valence electrons. The summed E-state index contributed by atoms with van der Waals surface area (Å²) in [6.45, 7) is 7.48. The molecule has 3 rings (SSSR count). The van der Waals surface area contributed by atoms with Crippen LogP contribution in [0.3, 0.4) is 0 Å². The van der Waals surface area contributed by atoms with Crippen LogP contribution in [0.4, 0.5) is 5.69 Å². The van der Waals surface area contributed by atoms with Gasteiger partial charge in [-0.3, -0.25) is 9.78 Å². The van der Waals surface area contributed by atoms with Gasteiger partial charge in [-0.15, -0.1) is 0 Å². The molecule has 0 aliphatic carbocycles. The summed E-state index contributed by atoms with van der Waals surface area (Å²) in [5.74, 6) is 0.671. The van der Waals surface area contributed by atoms with Gasteiger partial charge in [-0.25, -0.2) is 0 Å². The summed E-state index contributed by atoms with van der Waals surface area (Å²) in [5, 5.41) is 0.493. The van der Waals surface area contributed by atoms with Gasteiger partial charge in [0.1, 0.15) is 16.9 Å². The molecule has 0 N–H and O–H groups in total. The van der Waals surface area contributed by atoms with Crippen molar-refractivity contribution in [2.24, 2.45) is 0 Å². The van der Waals surface area contributed by atoms with E-state index >= 15 is 0 Å². The van der Waals surface area contributed by atoms with Gasteiger partial charge in [0.2, 0.25) is 0 Å². The zero-order valence-corrected chi connectivity index (χ0v) is 16.7. The molecule has 2 aromatic rings. The van der Waals surface area contributed by atoms with Crippen LogP contribution in [0.2, 0.25) is 5.02 Å². The Kier molecular flexibility index (Phi) is 6.56. The van der Waals surface area contributed by atoms with E-state index in [1.807, 2.05) is 29.2 Å². The number of carbonyl (C=O) groups is 1. The third-order valence-electron chi connectivity index (χ3n) is 4.94. The lowest BCUT2D eigenvalue weighted by Crippen LogP contribution is -2.44. The Labute approximate surface area is 165 Å². The van der Waals surface area contributed by atoms with Crippen molar-refractivity contribution < 1.29 is 9.53 Å². The Morgan fingerprint density at radius 2 is 2.00 bits per heavy atom. The van der Waals surface area contributed by atoms with E-state index in [1.54, 1.807) is 18.5 Å². The summed E-state index contributed by atoms with van der Waals surface area (Å²) in [7, 11) is 0. The smallest absolute Gasteiger partial charge is 0.253 e. The first-order valence-corrected chi connectivity index (χ1v) is 9.90. The molecule has 0 radical (unpaired) electrons.